The number of rotatable bonds is 4. The van der Waals surface area contributed by atoms with E-state index in [1.165, 1.54) is 31.4 Å². The van der Waals surface area contributed by atoms with Gasteiger partial charge in [-0.05, 0) is 31.2 Å². The van der Waals surface area contributed by atoms with Crippen LogP contribution in [0.25, 0.3) is 0 Å². The van der Waals surface area contributed by atoms with Gasteiger partial charge in [0.2, 0.25) is 0 Å². The molecule has 0 spiro atoms. The van der Waals surface area contributed by atoms with Crippen molar-refractivity contribution in [2.45, 2.75) is 45.1 Å². The van der Waals surface area contributed by atoms with E-state index in [9.17, 15) is 0 Å². The quantitative estimate of drug-likeness (QED) is 0.765. The Morgan fingerprint density at radius 3 is 2.93 bits per heavy atom. The standard InChI is InChI=1S/C12H19BrN2/c1-10(9-13)8-11-6-7-15(14-11)12-4-2-3-5-12/h6-7,10,12H,2-5,8-9H2,1H3. The van der Waals surface area contributed by atoms with Crippen molar-refractivity contribution in [1.29, 1.82) is 0 Å². The Morgan fingerprint density at radius 1 is 1.53 bits per heavy atom. The number of aromatic nitrogens is 2. The predicted molar refractivity (Wildman–Crippen MR) is 66.4 cm³/mol. The molecular formula is C12H19BrN2. The monoisotopic (exact) mass is 270 g/mol. The Kier molecular flexibility index (Phi) is 3.84. The Balaban J connectivity index is 1.97. The molecule has 1 aromatic heterocycles. The van der Waals surface area contributed by atoms with Crippen molar-refractivity contribution in [3.05, 3.63) is 18.0 Å². The summed E-state index contributed by atoms with van der Waals surface area (Å²) in [5.41, 5.74) is 1.24. The molecule has 2 rings (SSSR count). The molecule has 15 heavy (non-hydrogen) atoms. The van der Waals surface area contributed by atoms with Crippen molar-refractivity contribution in [2.75, 3.05) is 5.33 Å². The Hall–Kier alpha value is -0.310. The summed E-state index contributed by atoms with van der Waals surface area (Å²) in [6, 6.07) is 2.86. The van der Waals surface area contributed by atoms with Gasteiger partial charge in [-0.25, -0.2) is 0 Å². The highest BCUT2D eigenvalue weighted by molar-refractivity contribution is 9.09. The summed E-state index contributed by atoms with van der Waals surface area (Å²) < 4.78 is 2.18. The van der Waals surface area contributed by atoms with Gasteiger partial charge in [-0.2, -0.15) is 5.10 Å². The smallest absolute Gasteiger partial charge is 0.0627 e. The average molecular weight is 271 g/mol. The summed E-state index contributed by atoms with van der Waals surface area (Å²) in [6.07, 6.45) is 8.62. The number of hydrogen-bond acceptors (Lipinski definition) is 1. The molecule has 2 nitrogen and oxygen atoms in total. The predicted octanol–water partition coefficient (Wildman–Crippen LogP) is 3.57. The van der Waals surface area contributed by atoms with Gasteiger partial charge in [0.1, 0.15) is 0 Å². The molecule has 0 radical (unpaired) electrons. The number of hydrogen-bond donors (Lipinski definition) is 0. The van der Waals surface area contributed by atoms with Gasteiger partial charge >= 0.3 is 0 Å². The van der Waals surface area contributed by atoms with E-state index in [0.717, 1.165) is 11.8 Å². The van der Waals surface area contributed by atoms with Gasteiger partial charge in [-0.15, -0.1) is 0 Å². The largest absolute Gasteiger partial charge is 0.269 e. The van der Waals surface area contributed by atoms with E-state index in [0.29, 0.717) is 12.0 Å². The fraction of sp³-hybridized carbons (Fsp3) is 0.750. The first kappa shape index (κ1) is 11.2. The van der Waals surface area contributed by atoms with Crippen LogP contribution in [-0.2, 0) is 6.42 Å². The van der Waals surface area contributed by atoms with E-state index >= 15 is 0 Å². The highest BCUT2D eigenvalue weighted by atomic mass is 79.9. The van der Waals surface area contributed by atoms with Gasteiger partial charge in [-0.3, -0.25) is 4.68 Å². The summed E-state index contributed by atoms with van der Waals surface area (Å²) in [7, 11) is 0. The molecule has 0 amide bonds. The lowest BCUT2D eigenvalue weighted by Gasteiger charge is -2.09. The molecule has 1 aliphatic rings. The van der Waals surface area contributed by atoms with E-state index in [1.54, 1.807) is 0 Å². The third-order valence-electron chi connectivity index (χ3n) is 3.18. The molecule has 0 aromatic carbocycles. The minimum absolute atomic E-state index is 0.678. The van der Waals surface area contributed by atoms with E-state index < -0.39 is 0 Å². The molecule has 0 saturated heterocycles. The lowest BCUT2D eigenvalue weighted by atomic mass is 10.1. The Labute approximate surface area is 100 Å². The number of nitrogens with zero attached hydrogens (tertiary/aromatic N) is 2. The van der Waals surface area contributed by atoms with Crippen LogP contribution in [-0.4, -0.2) is 15.1 Å². The van der Waals surface area contributed by atoms with Crippen LogP contribution in [0.15, 0.2) is 12.3 Å². The zero-order valence-electron chi connectivity index (χ0n) is 9.32. The molecule has 0 bridgehead atoms. The minimum atomic E-state index is 0.678. The van der Waals surface area contributed by atoms with Crippen LogP contribution in [0.2, 0.25) is 0 Å². The normalized spacial score (nSPS) is 19.6. The molecule has 1 unspecified atom stereocenters. The lowest BCUT2D eigenvalue weighted by molar-refractivity contribution is 0.460. The first-order valence-corrected chi connectivity index (χ1v) is 7.01. The highest BCUT2D eigenvalue weighted by Gasteiger charge is 2.17. The van der Waals surface area contributed by atoms with Crippen LogP contribution >= 0.6 is 15.9 Å². The fourth-order valence-corrected chi connectivity index (χ4v) is 2.50. The molecule has 0 N–H and O–H groups in total. The van der Waals surface area contributed by atoms with Gasteiger partial charge in [0, 0.05) is 11.5 Å². The molecule has 84 valence electrons. The third kappa shape index (κ3) is 2.83. The topological polar surface area (TPSA) is 17.8 Å². The van der Waals surface area contributed by atoms with E-state index in [-0.39, 0.29) is 0 Å². The summed E-state index contributed by atoms with van der Waals surface area (Å²) in [4.78, 5) is 0. The van der Waals surface area contributed by atoms with Crippen molar-refractivity contribution in [1.82, 2.24) is 9.78 Å². The molecule has 1 heterocycles. The van der Waals surface area contributed by atoms with E-state index in [4.69, 9.17) is 0 Å². The third-order valence-corrected chi connectivity index (χ3v) is 4.29. The first-order chi connectivity index (χ1) is 7.29. The van der Waals surface area contributed by atoms with Crippen LogP contribution in [0.5, 0.6) is 0 Å². The minimum Gasteiger partial charge on any atom is -0.269 e. The van der Waals surface area contributed by atoms with Crippen LogP contribution in [0.4, 0.5) is 0 Å². The zero-order valence-corrected chi connectivity index (χ0v) is 10.9. The maximum atomic E-state index is 4.68. The second kappa shape index (κ2) is 5.15. The van der Waals surface area contributed by atoms with Crippen LogP contribution in [0.3, 0.4) is 0 Å². The molecule has 0 aliphatic heterocycles. The second-order valence-electron chi connectivity index (χ2n) is 4.69. The molecule has 1 aliphatic carbocycles. The molecule has 1 aromatic rings. The summed E-state index contributed by atoms with van der Waals surface area (Å²) in [5, 5.41) is 5.73. The van der Waals surface area contributed by atoms with Crippen molar-refractivity contribution >= 4 is 15.9 Å². The summed E-state index contributed by atoms with van der Waals surface area (Å²) >= 11 is 3.51. The lowest BCUT2D eigenvalue weighted by Crippen LogP contribution is -2.07. The fourth-order valence-electron chi connectivity index (χ4n) is 2.27. The molecular weight excluding hydrogens is 252 g/mol. The van der Waals surface area contributed by atoms with Crippen molar-refractivity contribution in [3.8, 4) is 0 Å². The zero-order chi connectivity index (χ0) is 10.7. The van der Waals surface area contributed by atoms with Gasteiger partial charge in [0.05, 0.1) is 11.7 Å². The van der Waals surface area contributed by atoms with Gasteiger partial charge in [0.15, 0.2) is 0 Å². The van der Waals surface area contributed by atoms with Crippen molar-refractivity contribution < 1.29 is 0 Å². The average Bonchev–Trinajstić information content (AvgIpc) is 2.85. The summed E-state index contributed by atoms with van der Waals surface area (Å²) in [5.74, 6) is 0.678. The van der Waals surface area contributed by atoms with E-state index in [1.807, 2.05) is 0 Å². The first-order valence-electron chi connectivity index (χ1n) is 5.89. The van der Waals surface area contributed by atoms with Crippen LogP contribution in [0, 0.1) is 5.92 Å². The van der Waals surface area contributed by atoms with Crippen molar-refractivity contribution in [3.63, 3.8) is 0 Å². The Morgan fingerprint density at radius 2 is 2.27 bits per heavy atom. The molecule has 3 heteroatoms. The Bertz CT molecular complexity index is 302. The summed E-state index contributed by atoms with van der Waals surface area (Å²) in [6.45, 7) is 2.25. The SMILES string of the molecule is CC(CBr)Cc1ccn(C2CCCC2)n1. The molecule has 1 saturated carbocycles. The maximum Gasteiger partial charge on any atom is 0.0627 e. The van der Waals surface area contributed by atoms with Gasteiger partial charge < -0.3 is 0 Å². The van der Waals surface area contributed by atoms with Gasteiger partial charge in [-0.1, -0.05) is 35.7 Å². The highest BCUT2D eigenvalue weighted by Crippen LogP contribution is 2.28. The van der Waals surface area contributed by atoms with Crippen LogP contribution in [0.1, 0.15) is 44.3 Å². The maximum absolute atomic E-state index is 4.68. The molecule has 1 fully saturated rings. The second-order valence-corrected chi connectivity index (χ2v) is 5.34. The van der Waals surface area contributed by atoms with Crippen LogP contribution < -0.4 is 0 Å². The number of alkyl halides is 1. The number of halogens is 1. The van der Waals surface area contributed by atoms with Crippen molar-refractivity contribution in [2.24, 2.45) is 5.92 Å². The van der Waals surface area contributed by atoms with E-state index in [2.05, 4.69) is 44.9 Å². The molecule has 1 atom stereocenters. The van der Waals surface area contributed by atoms with Gasteiger partial charge in [0.25, 0.3) is 0 Å².